The lowest BCUT2D eigenvalue weighted by atomic mass is 9.76. The third-order valence-electron chi connectivity index (χ3n) is 5.74. The third kappa shape index (κ3) is 2.71. The van der Waals surface area contributed by atoms with Crippen LogP contribution in [-0.4, -0.2) is 25.8 Å². The molecule has 6 heteroatoms. The van der Waals surface area contributed by atoms with Gasteiger partial charge in [-0.1, -0.05) is 24.3 Å². The van der Waals surface area contributed by atoms with Crippen molar-refractivity contribution in [1.29, 1.82) is 0 Å². The van der Waals surface area contributed by atoms with Crippen molar-refractivity contribution in [2.75, 3.05) is 5.32 Å². The molecule has 0 saturated heterocycles. The minimum atomic E-state index is -0.335. The van der Waals surface area contributed by atoms with Gasteiger partial charge in [-0.05, 0) is 49.6 Å². The number of aromatic hydroxyl groups is 2. The van der Waals surface area contributed by atoms with E-state index in [1.807, 2.05) is 41.9 Å². The number of hydrogen-bond donors (Lipinski definition) is 3. The van der Waals surface area contributed by atoms with Gasteiger partial charge in [-0.25, -0.2) is 4.68 Å². The highest BCUT2D eigenvalue weighted by atomic mass is 16.3. The highest BCUT2D eigenvalue weighted by Crippen LogP contribution is 2.48. The number of hydrogen-bond acceptors (Lipinski definition) is 5. The molecule has 2 aromatic carbocycles. The van der Waals surface area contributed by atoms with E-state index in [2.05, 4.69) is 5.32 Å². The fourth-order valence-corrected chi connectivity index (χ4v) is 4.43. The third-order valence-corrected chi connectivity index (χ3v) is 5.74. The number of nitrogens with zero attached hydrogens (tertiary/aromatic N) is 2. The molecule has 0 bridgehead atoms. The topological polar surface area (TPSA) is 87.4 Å². The van der Waals surface area contributed by atoms with E-state index in [4.69, 9.17) is 5.10 Å². The van der Waals surface area contributed by atoms with Crippen LogP contribution < -0.4 is 5.32 Å². The Bertz CT molecular complexity index is 1160. The summed E-state index contributed by atoms with van der Waals surface area (Å²) in [4.78, 5) is 12.9. The zero-order valence-corrected chi connectivity index (χ0v) is 16.0. The summed E-state index contributed by atoms with van der Waals surface area (Å²) in [5.41, 5.74) is 5.10. The first-order valence-corrected chi connectivity index (χ1v) is 9.74. The van der Waals surface area contributed by atoms with Crippen molar-refractivity contribution in [2.24, 2.45) is 0 Å². The molecule has 2 aliphatic rings. The maximum absolute atomic E-state index is 12.9. The number of rotatable bonds is 2. The average molecular weight is 387 g/mol. The van der Waals surface area contributed by atoms with Gasteiger partial charge in [0.1, 0.15) is 5.82 Å². The van der Waals surface area contributed by atoms with Crippen LogP contribution in [-0.2, 0) is 4.79 Å². The molecule has 1 aliphatic heterocycles. The predicted octanol–water partition coefficient (Wildman–Crippen LogP) is 4.16. The Morgan fingerprint density at radius 1 is 1.07 bits per heavy atom. The minimum Gasteiger partial charge on any atom is -0.504 e. The monoisotopic (exact) mass is 387 g/mol. The maximum atomic E-state index is 12.9. The van der Waals surface area contributed by atoms with Gasteiger partial charge in [-0.15, -0.1) is 0 Å². The van der Waals surface area contributed by atoms with Crippen LogP contribution in [0, 0.1) is 6.92 Å². The molecule has 0 unspecified atom stereocenters. The number of benzene rings is 2. The standard InChI is InChI=1S/C23H21N3O3/c1-13-20-21(14-10-11-17(27)19(29)12-14)22-16(8-5-9-18(22)28)24-23(20)26(25-13)15-6-3-2-4-7-15/h2-4,6-7,10-12,21,24,27,29H,5,8-9H2,1H3/t21-/m0/s1. The van der Waals surface area contributed by atoms with E-state index in [9.17, 15) is 15.0 Å². The number of aromatic nitrogens is 2. The number of fused-ring (bicyclic) bond motifs is 1. The number of para-hydroxylation sites is 1. The quantitative estimate of drug-likeness (QED) is 0.575. The summed E-state index contributed by atoms with van der Waals surface area (Å²) in [6.45, 7) is 1.94. The zero-order chi connectivity index (χ0) is 20.1. The first-order valence-electron chi connectivity index (χ1n) is 9.74. The van der Waals surface area contributed by atoms with Crippen molar-refractivity contribution in [1.82, 2.24) is 9.78 Å². The first kappa shape index (κ1) is 17.6. The number of phenolic OH excluding ortho intramolecular Hbond substituents is 2. The maximum Gasteiger partial charge on any atom is 0.161 e. The number of aryl methyl sites for hydroxylation is 1. The second-order valence-electron chi connectivity index (χ2n) is 7.57. The Morgan fingerprint density at radius 3 is 2.62 bits per heavy atom. The van der Waals surface area contributed by atoms with Crippen molar-refractivity contribution in [3.8, 4) is 17.2 Å². The van der Waals surface area contributed by atoms with Gasteiger partial charge in [0.15, 0.2) is 17.3 Å². The Labute approximate surface area is 168 Å². The van der Waals surface area contributed by atoms with Crippen molar-refractivity contribution in [2.45, 2.75) is 32.1 Å². The van der Waals surface area contributed by atoms with E-state index in [1.54, 1.807) is 12.1 Å². The van der Waals surface area contributed by atoms with E-state index < -0.39 is 0 Å². The smallest absolute Gasteiger partial charge is 0.161 e. The molecule has 0 amide bonds. The fourth-order valence-electron chi connectivity index (χ4n) is 4.43. The van der Waals surface area contributed by atoms with Crippen LogP contribution in [0.1, 0.15) is 42.0 Å². The van der Waals surface area contributed by atoms with E-state index in [1.165, 1.54) is 6.07 Å². The second-order valence-corrected chi connectivity index (χ2v) is 7.57. The fraction of sp³-hybridized carbons (Fsp3) is 0.217. The van der Waals surface area contributed by atoms with Crippen LogP contribution in [0.3, 0.4) is 0 Å². The Balaban J connectivity index is 1.76. The van der Waals surface area contributed by atoms with Crippen LogP contribution in [0.4, 0.5) is 5.82 Å². The van der Waals surface area contributed by atoms with E-state index >= 15 is 0 Å². The molecule has 3 N–H and O–H groups in total. The number of nitrogens with one attached hydrogen (secondary N) is 1. The van der Waals surface area contributed by atoms with Gasteiger partial charge in [0, 0.05) is 29.2 Å². The number of Topliss-reactive ketones (excluding diaryl/α,β-unsaturated/α-hetero) is 1. The second kappa shape index (κ2) is 6.51. The lowest BCUT2D eigenvalue weighted by molar-refractivity contribution is -0.116. The SMILES string of the molecule is Cc1nn(-c2ccccc2)c2c1[C@H](c1ccc(O)c(O)c1)C1=C(CCCC1=O)N2. The summed E-state index contributed by atoms with van der Waals surface area (Å²) >= 11 is 0. The highest BCUT2D eigenvalue weighted by Gasteiger charge is 2.38. The number of carbonyl (C=O) groups is 1. The molecule has 2 heterocycles. The Kier molecular flexibility index (Phi) is 3.94. The summed E-state index contributed by atoms with van der Waals surface area (Å²) in [7, 11) is 0. The van der Waals surface area contributed by atoms with Gasteiger partial charge in [0.25, 0.3) is 0 Å². The predicted molar refractivity (Wildman–Crippen MR) is 109 cm³/mol. The number of ketones is 1. The normalized spacial score (nSPS) is 18.2. The van der Waals surface area contributed by atoms with Gasteiger partial charge in [0.05, 0.1) is 11.4 Å². The Morgan fingerprint density at radius 2 is 1.86 bits per heavy atom. The molecule has 0 radical (unpaired) electrons. The average Bonchev–Trinajstić information content (AvgIpc) is 3.06. The van der Waals surface area contributed by atoms with Crippen molar-refractivity contribution in [3.63, 3.8) is 0 Å². The van der Waals surface area contributed by atoms with E-state index in [0.29, 0.717) is 6.42 Å². The van der Waals surface area contributed by atoms with Gasteiger partial charge in [-0.3, -0.25) is 4.79 Å². The van der Waals surface area contributed by atoms with Crippen molar-refractivity contribution < 1.29 is 15.0 Å². The largest absolute Gasteiger partial charge is 0.504 e. The Hall–Kier alpha value is -3.54. The van der Waals surface area contributed by atoms with Gasteiger partial charge in [0.2, 0.25) is 0 Å². The molecule has 1 aromatic heterocycles. The molecule has 29 heavy (non-hydrogen) atoms. The lowest BCUT2D eigenvalue weighted by Crippen LogP contribution is -2.27. The van der Waals surface area contributed by atoms with Gasteiger partial charge < -0.3 is 15.5 Å². The summed E-state index contributed by atoms with van der Waals surface area (Å²) < 4.78 is 1.88. The van der Waals surface area contributed by atoms with Crippen LogP contribution in [0.15, 0.2) is 59.8 Å². The summed E-state index contributed by atoms with van der Waals surface area (Å²) in [5, 5.41) is 28.1. The van der Waals surface area contributed by atoms with Crippen LogP contribution in [0.25, 0.3) is 5.69 Å². The molecule has 146 valence electrons. The molecule has 3 aromatic rings. The molecular weight excluding hydrogens is 366 g/mol. The molecular formula is C23H21N3O3. The van der Waals surface area contributed by atoms with Crippen LogP contribution >= 0.6 is 0 Å². The number of carbonyl (C=O) groups excluding carboxylic acids is 1. The first-order chi connectivity index (χ1) is 14.0. The van der Waals surface area contributed by atoms with Crippen LogP contribution in [0.2, 0.25) is 0 Å². The van der Waals surface area contributed by atoms with Gasteiger partial charge >= 0.3 is 0 Å². The molecule has 0 spiro atoms. The number of allylic oxidation sites excluding steroid dienone is 2. The molecule has 0 saturated carbocycles. The molecule has 6 nitrogen and oxygen atoms in total. The van der Waals surface area contributed by atoms with Crippen molar-refractivity contribution in [3.05, 3.63) is 76.6 Å². The van der Waals surface area contributed by atoms with E-state index in [-0.39, 0.29) is 23.2 Å². The minimum absolute atomic E-state index is 0.119. The molecule has 1 aliphatic carbocycles. The highest BCUT2D eigenvalue weighted by molar-refractivity contribution is 6.01. The lowest BCUT2D eigenvalue weighted by Gasteiger charge is -2.33. The number of phenols is 2. The number of anilines is 1. The molecule has 0 fully saturated rings. The molecule has 5 rings (SSSR count). The zero-order valence-electron chi connectivity index (χ0n) is 16.0. The summed E-state index contributed by atoms with van der Waals surface area (Å²) in [5.74, 6) is 0.261. The van der Waals surface area contributed by atoms with Crippen molar-refractivity contribution >= 4 is 11.6 Å². The van der Waals surface area contributed by atoms with Gasteiger partial charge in [-0.2, -0.15) is 5.10 Å². The summed E-state index contributed by atoms with van der Waals surface area (Å²) in [6.07, 6.45) is 2.12. The summed E-state index contributed by atoms with van der Waals surface area (Å²) in [6, 6.07) is 14.6. The molecule has 1 atom stereocenters. The van der Waals surface area contributed by atoms with Crippen LogP contribution in [0.5, 0.6) is 11.5 Å². The van der Waals surface area contributed by atoms with E-state index in [0.717, 1.165) is 52.4 Å².